The average molecular weight is 300 g/mol. The van der Waals surface area contributed by atoms with Crippen molar-refractivity contribution in [2.45, 2.75) is 38.6 Å². The summed E-state index contributed by atoms with van der Waals surface area (Å²) in [4.78, 5) is 18.5. The highest BCUT2D eigenvalue weighted by atomic mass is 16.5. The molecule has 1 fully saturated rings. The number of nitrogens with zero attached hydrogens (tertiary/aromatic N) is 3. The minimum absolute atomic E-state index is 0.0905. The first-order valence-corrected chi connectivity index (χ1v) is 7.67. The van der Waals surface area contributed by atoms with Crippen LogP contribution in [0.15, 0.2) is 34.9 Å². The van der Waals surface area contributed by atoms with Crippen molar-refractivity contribution in [2.24, 2.45) is 0 Å². The molecule has 1 aromatic carbocycles. The van der Waals surface area contributed by atoms with Gasteiger partial charge in [-0.15, -0.1) is 0 Å². The van der Waals surface area contributed by atoms with E-state index in [-0.39, 0.29) is 18.1 Å². The van der Waals surface area contributed by atoms with E-state index in [0.717, 1.165) is 32.2 Å². The van der Waals surface area contributed by atoms with Crippen molar-refractivity contribution < 1.29 is 9.32 Å². The molecular formula is C16H20N4O2. The molecule has 2 heterocycles. The van der Waals surface area contributed by atoms with Crippen LogP contribution in [-0.4, -0.2) is 27.6 Å². The molecule has 1 saturated heterocycles. The van der Waals surface area contributed by atoms with Crippen molar-refractivity contribution in [1.29, 1.82) is 0 Å². The molecule has 3 rings (SSSR count). The largest absolute Gasteiger partial charge is 0.329 e. The van der Waals surface area contributed by atoms with Crippen LogP contribution in [0.25, 0.3) is 0 Å². The van der Waals surface area contributed by atoms with Crippen LogP contribution < -0.4 is 5.32 Å². The zero-order chi connectivity index (χ0) is 15.4. The van der Waals surface area contributed by atoms with Crippen LogP contribution in [0.2, 0.25) is 0 Å². The third-order valence-corrected chi connectivity index (χ3v) is 3.94. The maximum absolute atomic E-state index is 12.6. The molecule has 0 saturated carbocycles. The number of aromatic nitrogens is 2. The van der Waals surface area contributed by atoms with Gasteiger partial charge in [-0.1, -0.05) is 48.3 Å². The number of anilines is 1. The molecule has 1 atom stereocenters. The first kappa shape index (κ1) is 14.6. The highest BCUT2D eigenvalue weighted by molar-refractivity contribution is 5.87. The lowest BCUT2D eigenvalue weighted by Crippen LogP contribution is -2.38. The first-order chi connectivity index (χ1) is 10.7. The Bertz CT molecular complexity index is 626. The molecule has 2 amide bonds. The molecule has 1 N–H and O–H groups in total. The van der Waals surface area contributed by atoms with Gasteiger partial charge in [0, 0.05) is 6.54 Å². The maximum Gasteiger partial charge on any atom is 0.329 e. The van der Waals surface area contributed by atoms with E-state index in [0.29, 0.717) is 5.82 Å². The van der Waals surface area contributed by atoms with Crippen LogP contribution in [0, 0.1) is 6.92 Å². The van der Waals surface area contributed by atoms with Crippen molar-refractivity contribution in [3.05, 3.63) is 41.7 Å². The van der Waals surface area contributed by atoms with E-state index < -0.39 is 0 Å². The first-order valence-electron chi connectivity index (χ1n) is 7.67. The number of benzene rings is 1. The molecule has 1 aliphatic rings. The van der Waals surface area contributed by atoms with E-state index in [1.165, 1.54) is 5.56 Å². The minimum atomic E-state index is -0.181. The maximum atomic E-state index is 12.6. The molecule has 0 aliphatic carbocycles. The molecule has 0 radical (unpaired) electrons. The summed E-state index contributed by atoms with van der Waals surface area (Å²) in [5.41, 5.74) is 1.17. The van der Waals surface area contributed by atoms with E-state index in [2.05, 4.69) is 27.6 Å². The number of aryl methyl sites for hydroxylation is 1. The highest BCUT2D eigenvalue weighted by Gasteiger charge is 2.27. The number of amides is 2. The molecule has 0 spiro atoms. The molecule has 116 valence electrons. The Kier molecular flexibility index (Phi) is 4.37. The number of carbonyl (C=O) groups excluding carboxylic acids is 1. The summed E-state index contributed by atoms with van der Waals surface area (Å²) in [6.45, 7) is 2.45. The van der Waals surface area contributed by atoms with Gasteiger partial charge >= 0.3 is 12.0 Å². The van der Waals surface area contributed by atoms with Gasteiger partial charge < -0.3 is 9.42 Å². The predicted octanol–water partition coefficient (Wildman–Crippen LogP) is 3.53. The number of rotatable bonds is 2. The van der Waals surface area contributed by atoms with Gasteiger partial charge in [0.05, 0.1) is 6.04 Å². The van der Waals surface area contributed by atoms with E-state index >= 15 is 0 Å². The van der Waals surface area contributed by atoms with Gasteiger partial charge in [-0.25, -0.2) is 4.79 Å². The highest BCUT2D eigenvalue weighted by Crippen LogP contribution is 2.30. The monoisotopic (exact) mass is 300 g/mol. The Morgan fingerprint density at radius 3 is 2.82 bits per heavy atom. The fraction of sp³-hybridized carbons (Fsp3) is 0.438. The third kappa shape index (κ3) is 3.27. The van der Waals surface area contributed by atoms with Gasteiger partial charge in [-0.3, -0.25) is 5.32 Å². The van der Waals surface area contributed by atoms with Gasteiger partial charge in [0.25, 0.3) is 0 Å². The number of hydrogen-bond acceptors (Lipinski definition) is 4. The van der Waals surface area contributed by atoms with Gasteiger partial charge in [0.1, 0.15) is 0 Å². The Balaban J connectivity index is 1.79. The molecule has 2 aromatic rings. The van der Waals surface area contributed by atoms with Crippen molar-refractivity contribution in [2.75, 3.05) is 11.9 Å². The fourth-order valence-electron chi connectivity index (χ4n) is 2.88. The number of carbonyl (C=O) groups is 1. The standard InChI is InChI=1S/C16H20N4O2/c1-12-17-15(22-19-12)18-16(21)20-11-7-3-6-10-14(20)13-8-4-2-5-9-13/h2,4-5,8-9,14H,3,6-7,10-11H2,1H3,(H,17,18,19,21). The Morgan fingerprint density at radius 1 is 1.27 bits per heavy atom. The molecule has 1 aliphatic heterocycles. The summed E-state index contributed by atoms with van der Waals surface area (Å²) < 4.78 is 4.98. The van der Waals surface area contributed by atoms with Crippen molar-refractivity contribution in [3.8, 4) is 0 Å². The molecule has 6 heteroatoms. The second kappa shape index (κ2) is 6.60. The van der Waals surface area contributed by atoms with Gasteiger partial charge in [0.15, 0.2) is 5.82 Å². The number of urea groups is 1. The van der Waals surface area contributed by atoms with E-state index in [1.807, 2.05) is 23.1 Å². The molecule has 1 unspecified atom stereocenters. The summed E-state index contributed by atoms with van der Waals surface area (Å²) in [5.74, 6) is 0.505. The average Bonchev–Trinajstić information content (AvgIpc) is 2.80. The van der Waals surface area contributed by atoms with Crippen molar-refractivity contribution in [1.82, 2.24) is 15.0 Å². The molecule has 0 bridgehead atoms. The molecule has 1 aromatic heterocycles. The zero-order valence-corrected chi connectivity index (χ0v) is 12.7. The Labute approximate surface area is 129 Å². The summed E-state index contributed by atoms with van der Waals surface area (Å²) in [6, 6.07) is 10.2. The number of hydrogen-bond donors (Lipinski definition) is 1. The minimum Gasteiger partial charge on any atom is -0.317 e. The normalized spacial score (nSPS) is 18.8. The predicted molar refractivity (Wildman–Crippen MR) is 82.4 cm³/mol. The molecule has 22 heavy (non-hydrogen) atoms. The van der Waals surface area contributed by atoms with Gasteiger partial charge in [-0.05, 0) is 25.3 Å². The summed E-state index contributed by atoms with van der Waals surface area (Å²) in [5, 5.41) is 6.40. The zero-order valence-electron chi connectivity index (χ0n) is 12.7. The second-order valence-electron chi connectivity index (χ2n) is 5.55. The topological polar surface area (TPSA) is 71.3 Å². The van der Waals surface area contributed by atoms with Crippen molar-refractivity contribution >= 4 is 12.0 Å². The van der Waals surface area contributed by atoms with Gasteiger partial charge in [0.2, 0.25) is 0 Å². The van der Waals surface area contributed by atoms with Crippen LogP contribution >= 0.6 is 0 Å². The lowest BCUT2D eigenvalue weighted by molar-refractivity contribution is 0.188. The lowest BCUT2D eigenvalue weighted by atomic mass is 10.0. The number of nitrogens with one attached hydrogen (secondary N) is 1. The van der Waals surface area contributed by atoms with Crippen LogP contribution in [0.1, 0.15) is 43.1 Å². The van der Waals surface area contributed by atoms with Crippen LogP contribution in [0.5, 0.6) is 0 Å². The van der Waals surface area contributed by atoms with E-state index in [4.69, 9.17) is 4.52 Å². The van der Waals surface area contributed by atoms with E-state index in [1.54, 1.807) is 6.92 Å². The second-order valence-corrected chi connectivity index (χ2v) is 5.55. The smallest absolute Gasteiger partial charge is 0.317 e. The van der Waals surface area contributed by atoms with E-state index in [9.17, 15) is 4.79 Å². The Hall–Kier alpha value is -2.37. The number of likely N-dealkylation sites (tertiary alicyclic amines) is 1. The molecule has 6 nitrogen and oxygen atoms in total. The Morgan fingerprint density at radius 2 is 2.09 bits per heavy atom. The fourth-order valence-corrected chi connectivity index (χ4v) is 2.88. The molecular weight excluding hydrogens is 280 g/mol. The van der Waals surface area contributed by atoms with Crippen LogP contribution in [0.3, 0.4) is 0 Å². The van der Waals surface area contributed by atoms with Gasteiger partial charge in [-0.2, -0.15) is 4.98 Å². The summed E-state index contributed by atoms with van der Waals surface area (Å²) >= 11 is 0. The van der Waals surface area contributed by atoms with Crippen molar-refractivity contribution in [3.63, 3.8) is 0 Å². The quantitative estimate of drug-likeness (QED) is 0.921. The summed E-state index contributed by atoms with van der Waals surface area (Å²) in [6.07, 6.45) is 4.26. The van der Waals surface area contributed by atoms with Crippen LogP contribution in [0.4, 0.5) is 10.8 Å². The summed E-state index contributed by atoms with van der Waals surface area (Å²) in [7, 11) is 0. The lowest BCUT2D eigenvalue weighted by Gasteiger charge is -2.30. The third-order valence-electron chi connectivity index (χ3n) is 3.94. The SMILES string of the molecule is Cc1noc(NC(=O)N2CCCCCC2c2ccccc2)n1. The van der Waals surface area contributed by atoms with Crippen LogP contribution in [-0.2, 0) is 0 Å².